The molecule has 0 saturated heterocycles. The van der Waals surface area contributed by atoms with Gasteiger partial charge in [0.15, 0.2) is 0 Å². The van der Waals surface area contributed by atoms with Crippen LogP contribution in [0.1, 0.15) is 26.2 Å². The molecule has 0 spiro atoms. The Hall–Kier alpha value is 0.190. The maximum atomic E-state index is 8.47. The largest absolute Gasteiger partial charge is 0.394 e. The molecule has 0 radical (unpaired) electrons. The van der Waals surface area contributed by atoms with Crippen LogP contribution in [0.3, 0.4) is 0 Å². The van der Waals surface area contributed by atoms with Gasteiger partial charge in [-0.1, -0.05) is 19.8 Å². The molecule has 0 aromatic carbocycles. The number of hydrogen-bond donors (Lipinski definition) is 1. The molecule has 0 heterocycles. The van der Waals surface area contributed by atoms with E-state index in [1.807, 2.05) is 11.8 Å². The van der Waals surface area contributed by atoms with Crippen molar-refractivity contribution >= 4 is 11.8 Å². The van der Waals surface area contributed by atoms with E-state index >= 15 is 0 Å². The minimum absolute atomic E-state index is 0.0685. The van der Waals surface area contributed by atoms with E-state index in [4.69, 9.17) is 19.3 Å². The molecule has 110 valence electrons. The molecule has 0 atom stereocenters. The van der Waals surface area contributed by atoms with Crippen LogP contribution in [0.25, 0.3) is 0 Å². The summed E-state index contributed by atoms with van der Waals surface area (Å²) in [5.41, 5.74) is 0. The molecule has 0 bridgehead atoms. The van der Waals surface area contributed by atoms with Gasteiger partial charge in [-0.05, 0) is 12.2 Å². The fourth-order valence-electron chi connectivity index (χ4n) is 1.28. The lowest BCUT2D eigenvalue weighted by molar-refractivity contribution is 0.0100. The summed E-state index contributed by atoms with van der Waals surface area (Å²) in [7, 11) is 0. The Morgan fingerprint density at radius 2 is 1.39 bits per heavy atom. The van der Waals surface area contributed by atoms with Gasteiger partial charge in [0.05, 0.1) is 46.2 Å². The molecule has 0 fully saturated rings. The normalized spacial score (nSPS) is 11.0. The molecule has 0 aromatic heterocycles. The van der Waals surface area contributed by atoms with Crippen molar-refractivity contribution < 1.29 is 19.3 Å². The average Bonchev–Trinajstić information content (AvgIpc) is 2.39. The summed E-state index contributed by atoms with van der Waals surface area (Å²) in [6.07, 6.45) is 3.94. The van der Waals surface area contributed by atoms with Crippen molar-refractivity contribution in [2.24, 2.45) is 0 Å². The zero-order valence-corrected chi connectivity index (χ0v) is 12.4. The molecular formula is C13H28O4S. The maximum Gasteiger partial charge on any atom is 0.0701 e. The Bertz CT molecular complexity index is 131. The first-order valence-electron chi connectivity index (χ1n) is 6.83. The lowest BCUT2D eigenvalue weighted by atomic mass is 10.3. The van der Waals surface area contributed by atoms with Crippen molar-refractivity contribution in [2.75, 3.05) is 57.8 Å². The Labute approximate surface area is 115 Å². The SMILES string of the molecule is CCCCCSCCOCCOCCOCCO. The minimum Gasteiger partial charge on any atom is -0.394 e. The van der Waals surface area contributed by atoms with Crippen LogP contribution in [0, 0.1) is 0 Å². The fraction of sp³-hybridized carbons (Fsp3) is 1.00. The van der Waals surface area contributed by atoms with Crippen LogP contribution < -0.4 is 0 Å². The quantitative estimate of drug-likeness (QED) is 0.465. The number of unbranched alkanes of at least 4 members (excludes halogenated alkanes) is 2. The van der Waals surface area contributed by atoms with E-state index < -0.39 is 0 Å². The highest BCUT2D eigenvalue weighted by Gasteiger charge is 1.92. The first-order valence-corrected chi connectivity index (χ1v) is 7.99. The second-order valence-electron chi connectivity index (χ2n) is 3.88. The van der Waals surface area contributed by atoms with Gasteiger partial charge in [-0.15, -0.1) is 0 Å². The van der Waals surface area contributed by atoms with Gasteiger partial charge < -0.3 is 19.3 Å². The molecule has 1 N–H and O–H groups in total. The van der Waals surface area contributed by atoms with E-state index in [0.29, 0.717) is 33.0 Å². The lowest BCUT2D eigenvalue weighted by Crippen LogP contribution is -2.11. The highest BCUT2D eigenvalue weighted by atomic mass is 32.2. The zero-order valence-electron chi connectivity index (χ0n) is 11.6. The Balaban J connectivity index is 2.86. The van der Waals surface area contributed by atoms with Crippen molar-refractivity contribution in [2.45, 2.75) is 26.2 Å². The summed E-state index contributed by atoms with van der Waals surface area (Å²) >= 11 is 1.96. The Kier molecular flexibility index (Phi) is 17.4. The third kappa shape index (κ3) is 16.2. The van der Waals surface area contributed by atoms with Gasteiger partial charge in [0.1, 0.15) is 0 Å². The highest BCUT2D eigenvalue weighted by Crippen LogP contribution is 2.05. The second-order valence-corrected chi connectivity index (χ2v) is 5.10. The number of ether oxygens (including phenoxy) is 3. The number of aliphatic hydroxyl groups is 1. The van der Waals surface area contributed by atoms with Crippen molar-refractivity contribution in [1.82, 2.24) is 0 Å². The standard InChI is InChI=1S/C13H28O4S/c1-2-3-4-12-18-13-11-17-10-9-16-8-7-15-6-5-14/h14H,2-13H2,1H3. The van der Waals surface area contributed by atoms with Crippen LogP contribution in [0.15, 0.2) is 0 Å². The summed E-state index contributed by atoms with van der Waals surface area (Å²) in [4.78, 5) is 0. The van der Waals surface area contributed by atoms with Crippen molar-refractivity contribution in [3.63, 3.8) is 0 Å². The number of rotatable bonds is 15. The number of hydrogen-bond acceptors (Lipinski definition) is 5. The van der Waals surface area contributed by atoms with Gasteiger partial charge in [0.2, 0.25) is 0 Å². The van der Waals surface area contributed by atoms with Gasteiger partial charge in [-0.3, -0.25) is 0 Å². The number of thioether (sulfide) groups is 1. The van der Waals surface area contributed by atoms with Gasteiger partial charge in [-0.2, -0.15) is 11.8 Å². The van der Waals surface area contributed by atoms with Crippen molar-refractivity contribution in [3.05, 3.63) is 0 Å². The predicted octanol–water partition coefficient (Wildman–Crippen LogP) is 1.95. The van der Waals surface area contributed by atoms with Crippen LogP contribution in [0.2, 0.25) is 0 Å². The molecule has 0 aliphatic rings. The number of aliphatic hydroxyl groups excluding tert-OH is 1. The fourth-order valence-corrected chi connectivity index (χ4v) is 2.13. The first-order chi connectivity index (χ1) is 8.91. The molecule has 0 aliphatic heterocycles. The smallest absolute Gasteiger partial charge is 0.0701 e. The van der Waals surface area contributed by atoms with Gasteiger partial charge >= 0.3 is 0 Å². The summed E-state index contributed by atoms with van der Waals surface area (Å²) in [6.45, 7) is 5.85. The Morgan fingerprint density at radius 1 is 0.778 bits per heavy atom. The highest BCUT2D eigenvalue weighted by molar-refractivity contribution is 7.99. The topological polar surface area (TPSA) is 47.9 Å². The molecular weight excluding hydrogens is 252 g/mol. The molecule has 0 aromatic rings. The minimum atomic E-state index is 0.0685. The molecule has 5 heteroatoms. The van der Waals surface area contributed by atoms with Gasteiger partial charge in [0.25, 0.3) is 0 Å². The first kappa shape index (κ1) is 18.2. The lowest BCUT2D eigenvalue weighted by Gasteiger charge is -2.06. The summed E-state index contributed by atoms with van der Waals surface area (Å²) < 4.78 is 15.8. The van der Waals surface area contributed by atoms with E-state index in [1.54, 1.807) is 0 Å². The van der Waals surface area contributed by atoms with E-state index in [2.05, 4.69) is 6.92 Å². The van der Waals surface area contributed by atoms with Crippen LogP contribution >= 0.6 is 11.8 Å². The molecule has 4 nitrogen and oxygen atoms in total. The van der Waals surface area contributed by atoms with E-state index in [1.165, 1.54) is 25.0 Å². The Morgan fingerprint density at radius 3 is 2.00 bits per heavy atom. The van der Waals surface area contributed by atoms with Gasteiger partial charge in [-0.25, -0.2) is 0 Å². The monoisotopic (exact) mass is 280 g/mol. The van der Waals surface area contributed by atoms with Crippen LogP contribution in [0.4, 0.5) is 0 Å². The summed E-state index contributed by atoms with van der Waals surface area (Å²) in [6, 6.07) is 0. The molecule has 0 aliphatic carbocycles. The van der Waals surface area contributed by atoms with Crippen LogP contribution in [-0.2, 0) is 14.2 Å². The molecule has 0 rings (SSSR count). The molecule has 18 heavy (non-hydrogen) atoms. The van der Waals surface area contributed by atoms with Crippen molar-refractivity contribution in [1.29, 1.82) is 0 Å². The third-order valence-electron chi connectivity index (χ3n) is 2.24. The van der Waals surface area contributed by atoms with Crippen molar-refractivity contribution in [3.8, 4) is 0 Å². The zero-order chi connectivity index (χ0) is 13.3. The van der Waals surface area contributed by atoms with Crippen LogP contribution in [0.5, 0.6) is 0 Å². The van der Waals surface area contributed by atoms with E-state index in [0.717, 1.165) is 12.4 Å². The third-order valence-corrected chi connectivity index (χ3v) is 3.28. The van der Waals surface area contributed by atoms with Crippen LogP contribution in [-0.4, -0.2) is 62.9 Å². The van der Waals surface area contributed by atoms with E-state index in [-0.39, 0.29) is 6.61 Å². The predicted molar refractivity (Wildman–Crippen MR) is 76.4 cm³/mol. The molecule has 0 unspecified atom stereocenters. The average molecular weight is 280 g/mol. The molecule has 0 saturated carbocycles. The maximum absolute atomic E-state index is 8.47. The summed E-state index contributed by atoms with van der Waals surface area (Å²) in [5, 5.41) is 8.47. The summed E-state index contributed by atoms with van der Waals surface area (Å²) in [5.74, 6) is 2.32. The van der Waals surface area contributed by atoms with Gasteiger partial charge in [0, 0.05) is 5.75 Å². The van der Waals surface area contributed by atoms with E-state index in [9.17, 15) is 0 Å². The second kappa shape index (κ2) is 17.2. The molecule has 0 amide bonds.